The van der Waals surface area contributed by atoms with Crippen molar-refractivity contribution in [1.82, 2.24) is 0 Å². The Morgan fingerprint density at radius 1 is 1.47 bits per heavy atom. The van der Waals surface area contributed by atoms with Crippen LogP contribution in [0, 0.1) is 5.41 Å². The van der Waals surface area contributed by atoms with Gasteiger partial charge in [-0.1, -0.05) is 13.5 Å². The van der Waals surface area contributed by atoms with E-state index in [1.165, 1.54) is 6.42 Å². The molecule has 5 heteroatoms. The molecule has 2 N–H and O–H groups in total. The third kappa shape index (κ3) is 6.41. The van der Waals surface area contributed by atoms with Gasteiger partial charge in [-0.15, -0.1) is 0 Å². The SMILES string of the molecule is C1COC1.C=CC(=O)OCC(CC)(CO)CO. The van der Waals surface area contributed by atoms with Crippen LogP contribution in [0.25, 0.3) is 0 Å². The van der Waals surface area contributed by atoms with Crippen molar-refractivity contribution in [2.75, 3.05) is 33.0 Å². The van der Waals surface area contributed by atoms with Crippen molar-refractivity contribution in [1.29, 1.82) is 0 Å². The first-order chi connectivity index (χ1) is 8.14. The fraction of sp³-hybridized carbons (Fsp3) is 0.750. The smallest absolute Gasteiger partial charge is 0.330 e. The quantitative estimate of drug-likeness (QED) is 0.527. The molecule has 0 radical (unpaired) electrons. The van der Waals surface area contributed by atoms with Gasteiger partial charge >= 0.3 is 5.97 Å². The molecule has 0 bridgehead atoms. The van der Waals surface area contributed by atoms with Crippen molar-refractivity contribution in [2.24, 2.45) is 5.41 Å². The average Bonchev–Trinajstić information content (AvgIpc) is 2.29. The zero-order chi connectivity index (χ0) is 13.1. The van der Waals surface area contributed by atoms with E-state index < -0.39 is 11.4 Å². The number of rotatable bonds is 6. The average molecular weight is 246 g/mol. The molecule has 0 aromatic heterocycles. The molecule has 0 saturated carbocycles. The molecule has 0 aromatic carbocycles. The highest BCUT2D eigenvalue weighted by Gasteiger charge is 2.28. The van der Waals surface area contributed by atoms with Gasteiger partial charge < -0.3 is 19.7 Å². The Kier molecular flexibility index (Phi) is 8.66. The molecule has 0 amide bonds. The largest absolute Gasteiger partial charge is 0.462 e. The summed E-state index contributed by atoms with van der Waals surface area (Å²) >= 11 is 0. The fourth-order valence-corrected chi connectivity index (χ4v) is 0.894. The van der Waals surface area contributed by atoms with Crippen LogP contribution in [0.3, 0.4) is 0 Å². The summed E-state index contributed by atoms with van der Waals surface area (Å²) in [6.45, 7) is 6.66. The second-order valence-electron chi connectivity index (χ2n) is 3.95. The van der Waals surface area contributed by atoms with Gasteiger partial charge in [0.25, 0.3) is 0 Å². The molecular formula is C12H22O5. The molecular weight excluding hydrogens is 224 g/mol. The van der Waals surface area contributed by atoms with Crippen LogP contribution in [0.5, 0.6) is 0 Å². The standard InChI is InChI=1S/C9H16O4.C3H6O/c1-3-8(12)13-7-9(4-2,5-10)6-11;1-2-4-3-1/h3,10-11H,1,4-7H2,2H3;1-3H2. The van der Waals surface area contributed by atoms with Gasteiger partial charge in [0.05, 0.1) is 18.6 Å². The molecule has 0 aromatic rings. The summed E-state index contributed by atoms with van der Waals surface area (Å²) in [5, 5.41) is 18.0. The lowest BCUT2D eigenvalue weighted by molar-refractivity contribution is -0.143. The summed E-state index contributed by atoms with van der Waals surface area (Å²) in [5.74, 6) is -0.542. The number of esters is 1. The Bertz CT molecular complexity index is 207. The molecule has 0 unspecified atom stereocenters. The molecule has 1 saturated heterocycles. The highest BCUT2D eigenvalue weighted by molar-refractivity contribution is 5.81. The van der Waals surface area contributed by atoms with Crippen LogP contribution in [0.1, 0.15) is 19.8 Å². The molecule has 0 atom stereocenters. The van der Waals surface area contributed by atoms with Crippen LogP contribution in [-0.4, -0.2) is 49.2 Å². The lowest BCUT2D eigenvalue weighted by atomic mass is 9.88. The van der Waals surface area contributed by atoms with Crippen LogP contribution in [0.2, 0.25) is 0 Å². The number of carbonyl (C=O) groups excluding carboxylic acids is 1. The minimum absolute atomic E-state index is 0.0152. The Hall–Kier alpha value is -0.910. The van der Waals surface area contributed by atoms with Gasteiger partial charge in [-0.2, -0.15) is 0 Å². The van der Waals surface area contributed by atoms with E-state index in [1.54, 1.807) is 0 Å². The highest BCUT2D eigenvalue weighted by Crippen LogP contribution is 2.20. The van der Waals surface area contributed by atoms with E-state index >= 15 is 0 Å². The summed E-state index contributed by atoms with van der Waals surface area (Å²) in [4.78, 5) is 10.7. The second kappa shape index (κ2) is 9.15. The zero-order valence-corrected chi connectivity index (χ0v) is 10.4. The third-order valence-corrected chi connectivity index (χ3v) is 2.69. The van der Waals surface area contributed by atoms with Gasteiger partial charge in [0.1, 0.15) is 6.61 Å². The van der Waals surface area contributed by atoms with Crippen molar-refractivity contribution in [3.63, 3.8) is 0 Å². The van der Waals surface area contributed by atoms with Crippen molar-refractivity contribution >= 4 is 5.97 Å². The lowest BCUT2D eigenvalue weighted by Crippen LogP contribution is -2.35. The number of aliphatic hydroxyl groups excluding tert-OH is 2. The second-order valence-corrected chi connectivity index (χ2v) is 3.95. The van der Waals surface area contributed by atoms with Crippen molar-refractivity contribution < 1.29 is 24.5 Å². The van der Waals surface area contributed by atoms with E-state index in [0.29, 0.717) is 6.42 Å². The van der Waals surface area contributed by atoms with E-state index in [2.05, 4.69) is 6.58 Å². The minimum Gasteiger partial charge on any atom is -0.462 e. The monoisotopic (exact) mass is 246 g/mol. The number of ether oxygens (including phenoxy) is 2. The first-order valence-corrected chi connectivity index (χ1v) is 5.72. The number of carbonyl (C=O) groups is 1. The van der Waals surface area contributed by atoms with Gasteiger partial charge in [-0.25, -0.2) is 4.79 Å². The Balaban J connectivity index is 0.000000529. The van der Waals surface area contributed by atoms with Gasteiger partial charge in [0, 0.05) is 19.3 Å². The van der Waals surface area contributed by atoms with Crippen LogP contribution >= 0.6 is 0 Å². The van der Waals surface area contributed by atoms with E-state index in [1.807, 2.05) is 6.92 Å². The summed E-state index contributed by atoms with van der Waals surface area (Å²) < 4.78 is 9.47. The highest BCUT2D eigenvalue weighted by atomic mass is 16.5. The van der Waals surface area contributed by atoms with E-state index in [9.17, 15) is 4.79 Å². The van der Waals surface area contributed by atoms with Crippen molar-refractivity contribution in [3.8, 4) is 0 Å². The summed E-state index contributed by atoms with van der Waals surface area (Å²) in [6.07, 6.45) is 2.87. The van der Waals surface area contributed by atoms with Gasteiger partial charge in [-0.3, -0.25) is 0 Å². The number of aliphatic hydroxyl groups is 2. The van der Waals surface area contributed by atoms with Crippen LogP contribution < -0.4 is 0 Å². The maximum Gasteiger partial charge on any atom is 0.330 e. The Labute approximate surface area is 102 Å². The van der Waals surface area contributed by atoms with Gasteiger partial charge in [0.15, 0.2) is 0 Å². The summed E-state index contributed by atoms with van der Waals surface area (Å²) in [5.41, 5.74) is -0.724. The normalized spacial score (nSPS) is 14.1. The minimum atomic E-state index is -0.724. The number of hydrogen-bond acceptors (Lipinski definition) is 5. The van der Waals surface area contributed by atoms with Crippen LogP contribution in [0.15, 0.2) is 12.7 Å². The van der Waals surface area contributed by atoms with Crippen LogP contribution in [0.4, 0.5) is 0 Å². The molecule has 1 aliphatic heterocycles. The third-order valence-electron chi connectivity index (χ3n) is 2.69. The topological polar surface area (TPSA) is 76.0 Å². The Morgan fingerprint density at radius 3 is 2.18 bits per heavy atom. The fourth-order valence-electron chi connectivity index (χ4n) is 0.894. The van der Waals surface area contributed by atoms with Crippen LogP contribution in [-0.2, 0) is 14.3 Å². The predicted octanol–water partition coefficient (Wildman–Crippen LogP) is 0.503. The molecule has 1 rings (SSSR count). The molecule has 17 heavy (non-hydrogen) atoms. The molecule has 1 fully saturated rings. The Morgan fingerprint density at radius 2 is 1.94 bits per heavy atom. The molecule has 0 spiro atoms. The molecule has 100 valence electrons. The maximum atomic E-state index is 10.7. The molecule has 0 aliphatic carbocycles. The molecule has 1 aliphatic rings. The zero-order valence-electron chi connectivity index (χ0n) is 10.4. The predicted molar refractivity (Wildman–Crippen MR) is 63.5 cm³/mol. The van der Waals surface area contributed by atoms with Gasteiger partial charge in [0.2, 0.25) is 0 Å². The number of hydrogen-bond donors (Lipinski definition) is 2. The van der Waals surface area contributed by atoms with E-state index in [4.69, 9.17) is 19.7 Å². The first kappa shape index (κ1) is 16.1. The first-order valence-electron chi connectivity index (χ1n) is 5.72. The van der Waals surface area contributed by atoms with Gasteiger partial charge in [-0.05, 0) is 12.8 Å². The lowest BCUT2D eigenvalue weighted by Gasteiger charge is -2.27. The molecule has 1 heterocycles. The molecule has 5 nitrogen and oxygen atoms in total. The van der Waals surface area contributed by atoms with E-state index in [-0.39, 0.29) is 19.8 Å². The maximum absolute atomic E-state index is 10.7. The van der Waals surface area contributed by atoms with Crippen molar-refractivity contribution in [3.05, 3.63) is 12.7 Å². The van der Waals surface area contributed by atoms with E-state index in [0.717, 1.165) is 19.3 Å². The van der Waals surface area contributed by atoms with Crippen molar-refractivity contribution in [2.45, 2.75) is 19.8 Å². The summed E-state index contributed by atoms with van der Waals surface area (Å²) in [7, 11) is 0. The summed E-state index contributed by atoms with van der Waals surface area (Å²) in [6, 6.07) is 0.